The summed E-state index contributed by atoms with van der Waals surface area (Å²) in [6, 6.07) is 10.5. The van der Waals surface area contributed by atoms with E-state index in [0.29, 0.717) is 15.7 Å². The number of thioether (sulfide) groups is 1. The Bertz CT molecular complexity index is 1060. The third kappa shape index (κ3) is 3.43. The number of hydrogen-bond acceptors (Lipinski definition) is 5. The summed E-state index contributed by atoms with van der Waals surface area (Å²) in [5.74, 6) is -1.41. The van der Waals surface area contributed by atoms with E-state index in [0.717, 1.165) is 17.8 Å². The third-order valence-corrected chi connectivity index (χ3v) is 5.60. The summed E-state index contributed by atoms with van der Waals surface area (Å²) < 4.78 is 35.6. The molecule has 9 heteroatoms. The van der Waals surface area contributed by atoms with E-state index < -0.39 is 23.3 Å². The number of rotatable bonds is 5. The number of benzene rings is 2. The Morgan fingerprint density at radius 3 is 2.82 bits per heavy atom. The van der Waals surface area contributed by atoms with Crippen LogP contribution in [-0.2, 0) is 21.7 Å². The van der Waals surface area contributed by atoms with Crippen molar-refractivity contribution in [2.75, 3.05) is 0 Å². The lowest BCUT2D eigenvalue weighted by Crippen LogP contribution is -2.22. The first-order chi connectivity index (χ1) is 13.4. The molecule has 0 saturated carbocycles. The normalized spacial score (nSPS) is 20.9. The molecule has 3 aromatic rings. The van der Waals surface area contributed by atoms with Gasteiger partial charge in [0.1, 0.15) is 29.7 Å². The number of aromatic nitrogens is 3. The topological polar surface area (TPSA) is 60.3 Å². The maximum absolute atomic E-state index is 14.7. The molecule has 0 N–H and O–H groups in total. The summed E-state index contributed by atoms with van der Waals surface area (Å²) in [7, 11) is 0. The number of nitrogens with zero attached hydrogens (tertiary/aromatic N) is 3. The standard InChI is InChI=1S/C19H14ClF2N3O2S/c1-11(26)28-18-23-10-24-25(18)9-19(14-7-6-12(21)8-16(14)22)17(27-19)13-4-2-3-5-15(13)20/h2-8,10,17H,9H2,1H3. The van der Waals surface area contributed by atoms with E-state index >= 15 is 0 Å². The number of ether oxygens (including phenoxy) is 1. The summed E-state index contributed by atoms with van der Waals surface area (Å²) in [6.45, 7) is 1.50. The van der Waals surface area contributed by atoms with E-state index in [9.17, 15) is 13.6 Å². The highest BCUT2D eigenvalue weighted by Crippen LogP contribution is 2.59. The first-order valence-electron chi connectivity index (χ1n) is 8.35. The molecule has 28 heavy (non-hydrogen) atoms. The number of hydrogen-bond donors (Lipinski definition) is 0. The molecule has 0 bridgehead atoms. The first-order valence-corrected chi connectivity index (χ1v) is 9.54. The average Bonchev–Trinajstić information content (AvgIpc) is 3.18. The molecule has 0 spiro atoms. The number of halogens is 3. The van der Waals surface area contributed by atoms with Crippen molar-refractivity contribution >= 4 is 28.5 Å². The zero-order valence-corrected chi connectivity index (χ0v) is 16.2. The van der Waals surface area contributed by atoms with Crippen molar-refractivity contribution in [2.45, 2.75) is 30.3 Å². The van der Waals surface area contributed by atoms with E-state index in [2.05, 4.69) is 10.1 Å². The van der Waals surface area contributed by atoms with E-state index in [1.165, 1.54) is 30.1 Å². The number of epoxide rings is 1. The van der Waals surface area contributed by atoms with Crippen molar-refractivity contribution in [3.8, 4) is 0 Å². The Hall–Kier alpha value is -2.29. The maximum atomic E-state index is 14.7. The predicted octanol–water partition coefficient (Wildman–Crippen LogP) is 4.52. The molecule has 5 nitrogen and oxygen atoms in total. The highest BCUT2D eigenvalue weighted by Gasteiger charge is 2.61. The molecule has 0 radical (unpaired) electrons. The van der Waals surface area contributed by atoms with Gasteiger partial charge in [0.25, 0.3) is 0 Å². The lowest BCUT2D eigenvalue weighted by molar-refractivity contribution is -0.109. The minimum atomic E-state index is -1.15. The molecule has 2 heterocycles. The first kappa shape index (κ1) is 19.0. The minimum Gasteiger partial charge on any atom is -0.354 e. The lowest BCUT2D eigenvalue weighted by Gasteiger charge is -2.16. The van der Waals surface area contributed by atoms with Crippen LogP contribution in [0.1, 0.15) is 24.2 Å². The van der Waals surface area contributed by atoms with Gasteiger partial charge in [0.15, 0.2) is 10.3 Å². The van der Waals surface area contributed by atoms with E-state index in [4.69, 9.17) is 16.3 Å². The minimum absolute atomic E-state index is 0.0844. The highest BCUT2D eigenvalue weighted by atomic mass is 35.5. The molecule has 0 amide bonds. The van der Waals surface area contributed by atoms with Gasteiger partial charge in [0, 0.05) is 29.1 Å². The molecule has 0 aliphatic carbocycles. The molecule has 1 fully saturated rings. The quantitative estimate of drug-likeness (QED) is 0.448. The highest BCUT2D eigenvalue weighted by molar-refractivity contribution is 8.13. The van der Waals surface area contributed by atoms with Crippen LogP contribution in [0.2, 0.25) is 5.02 Å². The van der Waals surface area contributed by atoms with Crippen molar-refractivity contribution in [1.29, 1.82) is 0 Å². The summed E-state index contributed by atoms with van der Waals surface area (Å²) in [5.41, 5.74) is -0.273. The van der Waals surface area contributed by atoms with Crippen LogP contribution in [0, 0.1) is 11.6 Å². The molecule has 4 rings (SSSR count). The molecule has 1 aromatic heterocycles. The van der Waals surface area contributed by atoms with E-state index in [1.54, 1.807) is 24.3 Å². The van der Waals surface area contributed by atoms with Crippen molar-refractivity contribution in [3.05, 3.63) is 76.6 Å². The van der Waals surface area contributed by atoms with Gasteiger partial charge < -0.3 is 4.74 Å². The fourth-order valence-corrected chi connectivity index (χ4v) is 4.02. The van der Waals surface area contributed by atoms with E-state index in [-0.39, 0.29) is 17.2 Å². The molecule has 144 valence electrons. The number of carbonyl (C=O) groups excluding carboxylic acids is 1. The second kappa shape index (κ2) is 7.27. The Labute approximate surface area is 168 Å². The molecule has 1 aliphatic rings. The van der Waals surface area contributed by atoms with Crippen LogP contribution in [0.25, 0.3) is 0 Å². The predicted molar refractivity (Wildman–Crippen MR) is 99.9 cm³/mol. The average molecular weight is 422 g/mol. The summed E-state index contributed by atoms with van der Waals surface area (Å²) >= 11 is 7.22. The van der Waals surface area contributed by atoms with Crippen LogP contribution >= 0.6 is 23.4 Å². The van der Waals surface area contributed by atoms with Crippen LogP contribution in [0.5, 0.6) is 0 Å². The Balaban J connectivity index is 1.77. The van der Waals surface area contributed by atoms with Crippen molar-refractivity contribution in [1.82, 2.24) is 14.8 Å². The van der Waals surface area contributed by atoms with Gasteiger partial charge in [-0.15, -0.1) is 0 Å². The molecular weight excluding hydrogens is 408 g/mol. The summed E-state index contributed by atoms with van der Waals surface area (Å²) in [5, 5.41) is 4.83. The molecule has 2 unspecified atom stereocenters. The third-order valence-electron chi connectivity index (χ3n) is 4.47. The SMILES string of the molecule is CC(=O)Sc1ncnn1CC1(c2ccc(F)cc2F)OC1c1ccccc1Cl. The summed E-state index contributed by atoms with van der Waals surface area (Å²) in [6.07, 6.45) is 0.757. The fraction of sp³-hybridized carbons (Fsp3) is 0.211. The second-order valence-electron chi connectivity index (χ2n) is 6.33. The van der Waals surface area contributed by atoms with Gasteiger partial charge in [0.05, 0.1) is 6.54 Å². The Kier molecular flexibility index (Phi) is 4.95. The molecular formula is C19H14ClF2N3O2S. The molecule has 1 saturated heterocycles. The molecule has 1 aliphatic heterocycles. The van der Waals surface area contributed by atoms with Crippen LogP contribution in [0.4, 0.5) is 8.78 Å². The Morgan fingerprint density at radius 1 is 1.32 bits per heavy atom. The van der Waals surface area contributed by atoms with E-state index in [1.807, 2.05) is 0 Å². The molecule has 2 aromatic carbocycles. The van der Waals surface area contributed by atoms with Gasteiger partial charge in [-0.1, -0.05) is 35.9 Å². The monoisotopic (exact) mass is 421 g/mol. The zero-order valence-electron chi connectivity index (χ0n) is 14.6. The van der Waals surface area contributed by atoms with Crippen LogP contribution in [0.3, 0.4) is 0 Å². The maximum Gasteiger partial charge on any atom is 0.193 e. The van der Waals surface area contributed by atoms with Crippen LogP contribution in [-0.4, -0.2) is 19.9 Å². The van der Waals surface area contributed by atoms with Crippen molar-refractivity contribution < 1.29 is 18.3 Å². The smallest absolute Gasteiger partial charge is 0.193 e. The van der Waals surface area contributed by atoms with Crippen molar-refractivity contribution in [2.24, 2.45) is 0 Å². The largest absolute Gasteiger partial charge is 0.354 e. The van der Waals surface area contributed by atoms with Crippen LogP contribution < -0.4 is 0 Å². The van der Waals surface area contributed by atoms with Gasteiger partial charge >= 0.3 is 0 Å². The van der Waals surface area contributed by atoms with Crippen molar-refractivity contribution in [3.63, 3.8) is 0 Å². The van der Waals surface area contributed by atoms with Gasteiger partial charge in [-0.2, -0.15) is 5.10 Å². The van der Waals surface area contributed by atoms with Gasteiger partial charge in [-0.25, -0.2) is 18.4 Å². The lowest BCUT2D eigenvalue weighted by atomic mass is 9.91. The Morgan fingerprint density at radius 2 is 2.11 bits per heavy atom. The molecule has 2 atom stereocenters. The van der Waals surface area contributed by atoms with Gasteiger partial charge in [-0.05, 0) is 23.9 Å². The van der Waals surface area contributed by atoms with Gasteiger partial charge in [0.2, 0.25) is 0 Å². The van der Waals surface area contributed by atoms with Gasteiger partial charge in [-0.3, -0.25) is 4.79 Å². The van der Waals surface area contributed by atoms with Crippen LogP contribution in [0.15, 0.2) is 53.9 Å². The summed E-state index contributed by atoms with van der Waals surface area (Å²) in [4.78, 5) is 15.5. The number of carbonyl (C=O) groups is 1. The second-order valence-corrected chi connectivity index (χ2v) is 7.88. The fourth-order valence-electron chi connectivity index (χ4n) is 3.21. The zero-order chi connectivity index (χ0) is 19.9.